The van der Waals surface area contributed by atoms with Crippen LogP contribution in [0, 0.1) is 0 Å². The molecule has 3 heteroatoms. The lowest BCUT2D eigenvalue weighted by Gasteiger charge is -2.19. The van der Waals surface area contributed by atoms with Crippen molar-refractivity contribution in [2.24, 2.45) is 5.73 Å². The molecule has 0 fully saturated rings. The molecule has 1 aromatic carbocycles. The summed E-state index contributed by atoms with van der Waals surface area (Å²) >= 11 is 6.03. The Hall–Kier alpha value is -0.990. The molecule has 1 aliphatic rings. The SMILES string of the molecule is NC1CCc2c[nH]c3cc(Cl)cc1c23. The van der Waals surface area contributed by atoms with Gasteiger partial charge in [-0.1, -0.05) is 11.6 Å². The van der Waals surface area contributed by atoms with Crippen LogP contribution < -0.4 is 5.73 Å². The van der Waals surface area contributed by atoms with E-state index in [0.29, 0.717) is 0 Å². The van der Waals surface area contributed by atoms with E-state index in [9.17, 15) is 0 Å². The molecule has 2 nitrogen and oxygen atoms in total. The summed E-state index contributed by atoms with van der Waals surface area (Å²) in [6.07, 6.45) is 4.15. The zero-order valence-corrected chi connectivity index (χ0v) is 8.43. The van der Waals surface area contributed by atoms with E-state index < -0.39 is 0 Å². The Labute approximate surface area is 87.1 Å². The molecule has 0 radical (unpaired) electrons. The lowest BCUT2D eigenvalue weighted by atomic mass is 9.89. The maximum absolute atomic E-state index is 6.06. The topological polar surface area (TPSA) is 41.8 Å². The van der Waals surface area contributed by atoms with Crippen molar-refractivity contribution in [3.63, 3.8) is 0 Å². The second-order valence-corrected chi connectivity index (χ2v) is 4.31. The minimum Gasteiger partial charge on any atom is -0.361 e. The van der Waals surface area contributed by atoms with Crippen LogP contribution >= 0.6 is 11.6 Å². The van der Waals surface area contributed by atoms with Gasteiger partial charge in [0.15, 0.2) is 0 Å². The van der Waals surface area contributed by atoms with Gasteiger partial charge in [-0.3, -0.25) is 0 Å². The molecule has 14 heavy (non-hydrogen) atoms. The highest BCUT2D eigenvalue weighted by atomic mass is 35.5. The van der Waals surface area contributed by atoms with Gasteiger partial charge in [0.05, 0.1) is 0 Å². The van der Waals surface area contributed by atoms with Gasteiger partial charge in [0.25, 0.3) is 0 Å². The van der Waals surface area contributed by atoms with Gasteiger partial charge < -0.3 is 10.7 Å². The molecule has 1 unspecified atom stereocenters. The third-order valence-electron chi connectivity index (χ3n) is 2.98. The first-order chi connectivity index (χ1) is 6.75. The molecule has 0 bridgehead atoms. The van der Waals surface area contributed by atoms with Crippen LogP contribution in [0.5, 0.6) is 0 Å². The molecule has 1 atom stereocenters. The van der Waals surface area contributed by atoms with E-state index in [1.807, 2.05) is 12.1 Å². The number of hydrogen-bond acceptors (Lipinski definition) is 1. The molecular formula is C11H11ClN2. The Morgan fingerprint density at radius 3 is 3.14 bits per heavy atom. The van der Waals surface area contributed by atoms with E-state index in [1.54, 1.807) is 0 Å². The van der Waals surface area contributed by atoms with Crippen molar-refractivity contribution in [2.75, 3.05) is 0 Å². The van der Waals surface area contributed by atoms with Crippen LogP contribution in [0.3, 0.4) is 0 Å². The largest absolute Gasteiger partial charge is 0.361 e. The molecule has 1 heterocycles. The Morgan fingerprint density at radius 1 is 1.43 bits per heavy atom. The molecular weight excluding hydrogens is 196 g/mol. The fraction of sp³-hybridized carbons (Fsp3) is 0.273. The van der Waals surface area contributed by atoms with Gasteiger partial charge in [0.1, 0.15) is 0 Å². The Morgan fingerprint density at radius 2 is 2.29 bits per heavy atom. The minimum absolute atomic E-state index is 0.138. The molecule has 0 spiro atoms. The minimum atomic E-state index is 0.138. The third-order valence-corrected chi connectivity index (χ3v) is 3.20. The van der Waals surface area contributed by atoms with E-state index >= 15 is 0 Å². The zero-order chi connectivity index (χ0) is 9.71. The first-order valence-corrected chi connectivity index (χ1v) is 5.18. The monoisotopic (exact) mass is 206 g/mol. The first kappa shape index (κ1) is 8.33. The predicted molar refractivity (Wildman–Crippen MR) is 58.6 cm³/mol. The van der Waals surface area contributed by atoms with Crippen molar-refractivity contribution in [1.29, 1.82) is 0 Å². The number of H-pyrrole nitrogens is 1. The smallest absolute Gasteiger partial charge is 0.0475 e. The molecule has 0 saturated carbocycles. The predicted octanol–water partition coefficient (Wildman–Crippen LogP) is 2.77. The first-order valence-electron chi connectivity index (χ1n) is 4.80. The standard InChI is InChI=1S/C11H11ClN2/c12-7-3-8-9(13)2-1-6-5-14-10(4-7)11(6)8/h3-5,9,14H,1-2,13H2. The van der Waals surface area contributed by atoms with Gasteiger partial charge in [-0.2, -0.15) is 0 Å². The number of halogens is 1. The van der Waals surface area contributed by atoms with Crippen molar-refractivity contribution in [3.05, 3.63) is 34.5 Å². The summed E-state index contributed by atoms with van der Waals surface area (Å²) in [5, 5.41) is 2.05. The van der Waals surface area contributed by atoms with Crippen molar-refractivity contribution >= 4 is 22.5 Å². The zero-order valence-electron chi connectivity index (χ0n) is 7.68. The summed E-state index contributed by atoms with van der Waals surface area (Å²) in [5.41, 5.74) is 9.73. The molecule has 0 amide bonds. The highest BCUT2D eigenvalue weighted by molar-refractivity contribution is 6.31. The number of nitrogens with two attached hydrogens (primary N) is 1. The summed E-state index contributed by atoms with van der Waals surface area (Å²) in [6, 6.07) is 4.09. The fourth-order valence-corrected chi connectivity index (χ4v) is 2.52. The van der Waals surface area contributed by atoms with Gasteiger partial charge in [-0.15, -0.1) is 0 Å². The fourth-order valence-electron chi connectivity index (χ4n) is 2.29. The maximum atomic E-state index is 6.06. The van der Waals surface area contributed by atoms with Gasteiger partial charge in [-0.25, -0.2) is 0 Å². The summed E-state index contributed by atoms with van der Waals surface area (Å²) < 4.78 is 0. The summed E-state index contributed by atoms with van der Waals surface area (Å²) in [4.78, 5) is 3.24. The second kappa shape index (κ2) is 2.75. The number of hydrogen-bond donors (Lipinski definition) is 2. The number of nitrogens with one attached hydrogen (secondary N) is 1. The van der Waals surface area contributed by atoms with E-state index in [0.717, 1.165) is 23.4 Å². The Kier molecular flexibility index (Phi) is 1.64. The van der Waals surface area contributed by atoms with E-state index in [-0.39, 0.29) is 6.04 Å². The van der Waals surface area contributed by atoms with Crippen LogP contribution in [0.25, 0.3) is 10.9 Å². The van der Waals surface area contributed by atoms with Gasteiger partial charge in [-0.05, 0) is 36.1 Å². The van der Waals surface area contributed by atoms with Crippen molar-refractivity contribution in [1.82, 2.24) is 4.98 Å². The Balaban J connectivity index is 2.45. The maximum Gasteiger partial charge on any atom is 0.0475 e. The van der Waals surface area contributed by atoms with Crippen LogP contribution in [0.4, 0.5) is 0 Å². The molecule has 3 rings (SSSR count). The molecule has 2 aromatic rings. The van der Waals surface area contributed by atoms with Crippen LogP contribution in [0.1, 0.15) is 23.6 Å². The number of aromatic amines is 1. The normalized spacial score (nSPS) is 20.3. The number of aromatic nitrogens is 1. The summed E-state index contributed by atoms with van der Waals surface area (Å²) in [6.45, 7) is 0. The summed E-state index contributed by atoms with van der Waals surface area (Å²) in [7, 11) is 0. The van der Waals surface area contributed by atoms with Crippen LogP contribution in [0.2, 0.25) is 5.02 Å². The van der Waals surface area contributed by atoms with E-state index in [1.165, 1.54) is 16.5 Å². The lowest BCUT2D eigenvalue weighted by molar-refractivity contribution is 0.643. The Bertz CT molecular complexity index is 501. The van der Waals surface area contributed by atoms with Crippen molar-refractivity contribution < 1.29 is 0 Å². The number of benzene rings is 1. The number of aryl methyl sites for hydroxylation is 1. The molecule has 1 aromatic heterocycles. The highest BCUT2D eigenvalue weighted by Crippen LogP contribution is 2.35. The van der Waals surface area contributed by atoms with E-state index in [4.69, 9.17) is 17.3 Å². The van der Waals surface area contributed by atoms with Crippen molar-refractivity contribution in [2.45, 2.75) is 18.9 Å². The van der Waals surface area contributed by atoms with Crippen LogP contribution in [0.15, 0.2) is 18.3 Å². The van der Waals surface area contributed by atoms with Crippen molar-refractivity contribution in [3.8, 4) is 0 Å². The second-order valence-electron chi connectivity index (χ2n) is 3.88. The average molecular weight is 207 g/mol. The third kappa shape index (κ3) is 1.01. The quantitative estimate of drug-likeness (QED) is 0.684. The van der Waals surface area contributed by atoms with E-state index in [2.05, 4.69) is 11.2 Å². The molecule has 0 saturated heterocycles. The lowest BCUT2D eigenvalue weighted by Crippen LogP contribution is -2.15. The van der Waals surface area contributed by atoms with Crippen LogP contribution in [-0.4, -0.2) is 4.98 Å². The van der Waals surface area contributed by atoms with Gasteiger partial charge in [0.2, 0.25) is 0 Å². The summed E-state index contributed by atoms with van der Waals surface area (Å²) in [5.74, 6) is 0. The van der Waals surface area contributed by atoms with Crippen LogP contribution in [-0.2, 0) is 6.42 Å². The molecule has 72 valence electrons. The van der Waals surface area contributed by atoms with Gasteiger partial charge in [0, 0.05) is 28.2 Å². The molecule has 3 N–H and O–H groups in total. The average Bonchev–Trinajstić information content (AvgIpc) is 2.55. The van der Waals surface area contributed by atoms with Gasteiger partial charge >= 0.3 is 0 Å². The molecule has 1 aliphatic carbocycles. The molecule has 0 aliphatic heterocycles. The number of rotatable bonds is 0. The highest BCUT2D eigenvalue weighted by Gasteiger charge is 2.20.